The fourth-order valence-electron chi connectivity index (χ4n) is 1.69. The maximum absolute atomic E-state index is 6.06. The molecule has 0 aliphatic rings. The van der Waals surface area contributed by atoms with Gasteiger partial charge in [0.05, 0.1) is 5.01 Å². The summed E-state index contributed by atoms with van der Waals surface area (Å²) < 4.78 is 0. The summed E-state index contributed by atoms with van der Waals surface area (Å²) in [6, 6.07) is 6.38. The van der Waals surface area contributed by atoms with Crippen molar-refractivity contribution in [2.24, 2.45) is 0 Å². The molecule has 0 bridgehead atoms. The van der Waals surface area contributed by atoms with Crippen molar-refractivity contribution in [3.8, 4) is 11.3 Å². The van der Waals surface area contributed by atoms with Crippen LogP contribution < -0.4 is 5.73 Å². The highest BCUT2D eigenvalue weighted by atomic mass is 32.1. The number of nitrogen functional groups attached to an aromatic ring is 1. The molecule has 0 aliphatic heterocycles. The van der Waals surface area contributed by atoms with E-state index in [0.717, 1.165) is 21.3 Å². The number of aromatic nitrogens is 1. The molecule has 0 spiro atoms. The lowest BCUT2D eigenvalue weighted by Crippen LogP contribution is -1.89. The van der Waals surface area contributed by atoms with E-state index in [1.807, 2.05) is 0 Å². The lowest BCUT2D eigenvalue weighted by molar-refractivity contribution is 0.853. The minimum Gasteiger partial charge on any atom is -0.389 e. The fraction of sp³-hybridized carbons (Fsp3) is 0.357. The molecule has 2 aromatic rings. The van der Waals surface area contributed by atoms with Crippen LogP contribution in [0.15, 0.2) is 18.2 Å². The molecule has 1 heterocycles. The number of rotatable bonds is 2. The summed E-state index contributed by atoms with van der Waals surface area (Å²) in [6.07, 6.45) is 0. The highest BCUT2D eigenvalue weighted by molar-refractivity contribution is 7.16. The number of thiazole rings is 1. The van der Waals surface area contributed by atoms with Gasteiger partial charge in [0.25, 0.3) is 0 Å². The van der Waals surface area contributed by atoms with Crippen molar-refractivity contribution in [1.82, 2.24) is 4.98 Å². The zero-order valence-corrected chi connectivity index (χ0v) is 11.6. The van der Waals surface area contributed by atoms with Crippen LogP contribution in [0.1, 0.15) is 35.9 Å². The van der Waals surface area contributed by atoms with Crippen LogP contribution in [0.5, 0.6) is 0 Å². The average molecular weight is 246 g/mol. The Morgan fingerprint density at radius 1 is 1.18 bits per heavy atom. The van der Waals surface area contributed by atoms with E-state index in [-0.39, 0.29) is 0 Å². The summed E-state index contributed by atoms with van der Waals surface area (Å²) >= 11 is 1.59. The molecule has 0 radical (unpaired) electrons. The Bertz CT molecular complexity index is 541. The van der Waals surface area contributed by atoms with Gasteiger partial charge in [-0.3, -0.25) is 0 Å². The first-order valence-electron chi connectivity index (χ1n) is 5.83. The van der Waals surface area contributed by atoms with Crippen molar-refractivity contribution >= 4 is 16.3 Å². The largest absolute Gasteiger partial charge is 0.389 e. The fourth-order valence-corrected chi connectivity index (χ4v) is 2.55. The second-order valence-electron chi connectivity index (χ2n) is 4.72. The van der Waals surface area contributed by atoms with E-state index in [0.29, 0.717) is 5.92 Å². The molecule has 2 N–H and O–H groups in total. The Morgan fingerprint density at radius 2 is 1.88 bits per heavy atom. The van der Waals surface area contributed by atoms with E-state index in [1.54, 1.807) is 11.3 Å². The second-order valence-corrected chi connectivity index (χ2v) is 5.78. The normalized spacial score (nSPS) is 11.1. The molecule has 0 saturated carbocycles. The van der Waals surface area contributed by atoms with Gasteiger partial charge in [-0.25, -0.2) is 4.98 Å². The van der Waals surface area contributed by atoms with Crippen LogP contribution in [-0.4, -0.2) is 4.98 Å². The summed E-state index contributed by atoms with van der Waals surface area (Å²) in [5.74, 6) is 0.433. The Morgan fingerprint density at radius 3 is 2.41 bits per heavy atom. The van der Waals surface area contributed by atoms with Crippen LogP contribution in [0.2, 0.25) is 0 Å². The van der Waals surface area contributed by atoms with E-state index in [2.05, 4.69) is 50.9 Å². The van der Waals surface area contributed by atoms with E-state index >= 15 is 0 Å². The first-order valence-corrected chi connectivity index (χ1v) is 6.64. The van der Waals surface area contributed by atoms with Crippen molar-refractivity contribution in [2.75, 3.05) is 5.73 Å². The van der Waals surface area contributed by atoms with E-state index in [9.17, 15) is 0 Å². The van der Waals surface area contributed by atoms with Crippen LogP contribution in [0.25, 0.3) is 11.3 Å². The van der Waals surface area contributed by atoms with Gasteiger partial charge in [-0.1, -0.05) is 26.0 Å². The van der Waals surface area contributed by atoms with Gasteiger partial charge in [-0.2, -0.15) is 0 Å². The Labute approximate surface area is 107 Å². The van der Waals surface area contributed by atoms with Crippen molar-refractivity contribution in [2.45, 2.75) is 33.6 Å². The van der Waals surface area contributed by atoms with Gasteiger partial charge >= 0.3 is 0 Å². The molecule has 1 aromatic heterocycles. The van der Waals surface area contributed by atoms with Crippen LogP contribution in [-0.2, 0) is 0 Å². The third kappa shape index (κ3) is 2.34. The van der Waals surface area contributed by atoms with Crippen molar-refractivity contribution < 1.29 is 0 Å². The maximum atomic E-state index is 6.06. The van der Waals surface area contributed by atoms with E-state index < -0.39 is 0 Å². The summed E-state index contributed by atoms with van der Waals surface area (Å²) in [7, 11) is 0. The molecule has 0 fully saturated rings. The second kappa shape index (κ2) is 4.49. The summed E-state index contributed by atoms with van der Waals surface area (Å²) in [6.45, 7) is 8.51. The zero-order chi connectivity index (χ0) is 12.6. The van der Waals surface area contributed by atoms with Crippen molar-refractivity contribution in [3.63, 3.8) is 0 Å². The van der Waals surface area contributed by atoms with E-state index in [1.165, 1.54) is 11.1 Å². The zero-order valence-electron chi connectivity index (χ0n) is 10.7. The van der Waals surface area contributed by atoms with Gasteiger partial charge in [-0.05, 0) is 31.0 Å². The van der Waals surface area contributed by atoms with Gasteiger partial charge in [0, 0.05) is 11.5 Å². The molecule has 1 aromatic carbocycles. The molecule has 3 heteroatoms. The summed E-state index contributed by atoms with van der Waals surface area (Å²) in [4.78, 5) is 4.64. The molecule has 0 atom stereocenters. The minimum absolute atomic E-state index is 0.433. The Hall–Kier alpha value is -1.35. The van der Waals surface area contributed by atoms with Gasteiger partial charge in [0.15, 0.2) is 0 Å². The minimum atomic E-state index is 0.433. The quantitative estimate of drug-likeness (QED) is 0.865. The van der Waals surface area contributed by atoms with Crippen molar-refractivity contribution in [1.29, 1.82) is 0 Å². The lowest BCUT2D eigenvalue weighted by atomic mass is 10.0. The predicted molar refractivity (Wildman–Crippen MR) is 75.5 cm³/mol. The van der Waals surface area contributed by atoms with Gasteiger partial charge in [0.1, 0.15) is 10.7 Å². The van der Waals surface area contributed by atoms with Crippen LogP contribution in [0.3, 0.4) is 0 Å². The topological polar surface area (TPSA) is 38.9 Å². The van der Waals surface area contributed by atoms with Crippen molar-refractivity contribution in [3.05, 3.63) is 34.3 Å². The number of benzene rings is 1. The first kappa shape index (κ1) is 12.1. The van der Waals surface area contributed by atoms with E-state index in [4.69, 9.17) is 5.73 Å². The maximum Gasteiger partial charge on any atom is 0.114 e. The SMILES string of the molecule is Cc1ccc(-c2nc(C(C)C)sc2N)cc1C. The highest BCUT2D eigenvalue weighted by Crippen LogP contribution is 2.34. The Kier molecular flexibility index (Phi) is 3.20. The molecule has 0 amide bonds. The van der Waals surface area contributed by atoms with Gasteiger partial charge in [-0.15, -0.1) is 11.3 Å². The summed E-state index contributed by atoms with van der Waals surface area (Å²) in [5.41, 5.74) is 10.7. The molecule has 17 heavy (non-hydrogen) atoms. The van der Waals surface area contributed by atoms with Gasteiger partial charge < -0.3 is 5.73 Å². The molecule has 2 rings (SSSR count). The third-order valence-electron chi connectivity index (χ3n) is 2.94. The van der Waals surface area contributed by atoms with Crippen LogP contribution in [0.4, 0.5) is 5.00 Å². The highest BCUT2D eigenvalue weighted by Gasteiger charge is 2.13. The molecule has 90 valence electrons. The van der Waals surface area contributed by atoms with Crippen LogP contribution >= 0.6 is 11.3 Å². The molecular formula is C14H18N2S. The predicted octanol–water partition coefficient (Wildman–Crippen LogP) is 4.13. The van der Waals surface area contributed by atoms with Crippen LogP contribution in [0, 0.1) is 13.8 Å². The molecule has 0 unspecified atom stereocenters. The average Bonchev–Trinajstić information content (AvgIpc) is 2.65. The lowest BCUT2D eigenvalue weighted by Gasteiger charge is -2.03. The molecular weight excluding hydrogens is 228 g/mol. The number of anilines is 1. The summed E-state index contributed by atoms with van der Waals surface area (Å²) in [5, 5.41) is 1.92. The first-order chi connectivity index (χ1) is 7.99. The monoisotopic (exact) mass is 246 g/mol. The van der Waals surface area contributed by atoms with Gasteiger partial charge in [0.2, 0.25) is 0 Å². The molecule has 2 nitrogen and oxygen atoms in total. The number of nitrogens with two attached hydrogens (primary N) is 1. The number of nitrogens with zero attached hydrogens (tertiary/aromatic N) is 1. The third-order valence-corrected chi connectivity index (χ3v) is 4.13. The smallest absolute Gasteiger partial charge is 0.114 e. The standard InChI is InChI=1S/C14H18N2S/c1-8(2)14-16-12(13(15)17-14)11-6-5-9(3)10(4)7-11/h5-8H,15H2,1-4H3. The molecule has 0 saturated heterocycles. The molecule has 0 aliphatic carbocycles. The number of hydrogen-bond donors (Lipinski definition) is 1. The number of hydrogen-bond acceptors (Lipinski definition) is 3. The Balaban J connectivity index is 2.49. The number of aryl methyl sites for hydroxylation is 2.